The Bertz CT molecular complexity index is 1340. The number of nitrogens with zero attached hydrogens (tertiary/aromatic N) is 2. The first-order valence-electron chi connectivity index (χ1n) is 11.0. The van der Waals surface area contributed by atoms with Crippen LogP contribution in [0.15, 0.2) is 24.3 Å². The Hall–Kier alpha value is -3.89. The molecule has 1 aromatic heterocycles. The largest absolute Gasteiger partial charge is 0.416 e. The average molecular weight is 487 g/mol. The third-order valence-corrected chi connectivity index (χ3v) is 5.80. The van der Waals surface area contributed by atoms with Crippen LogP contribution in [-0.4, -0.2) is 22.0 Å². The minimum absolute atomic E-state index is 0.0367. The van der Waals surface area contributed by atoms with Crippen LogP contribution in [-0.2, 0) is 23.8 Å². The summed E-state index contributed by atoms with van der Waals surface area (Å²) in [6, 6.07) is 4.39. The lowest BCUT2D eigenvalue weighted by atomic mass is 10.0. The minimum Gasteiger partial charge on any atom is -0.410 e. The third kappa shape index (κ3) is 5.13. The average Bonchev–Trinajstić information content (AvgIpc) is 3.23. The van der Waals surface area contributed by atoms with Gasteiger partial charge in [0.25, 0.3) is 0 Å². The van der Waals surface area contributed by atoms with E-state index in [2.05, 4.69) is 20.6 Å². The number of nitrogens with two attached hydrogens (primary N) is 1. The van der Waals surface area contributed by atoms with Crippen molar-refractivity contribution in [1.29, 1.82) is 0 Å². The van der Waals surface area contributed by atoms with Crippen LogP contribution in [0.3, 0.4) is 0 Å². The van der Waals surface area contributed by atoms with E-state index < -0.39 is 29.8 Å². The molecule has 4 rings (SSSR count). The fraction of sp³-hybridized carbons (Fsp3) is 0.333. The van der Waals surface area contributed by atoms with Crippen molar-refractivity contribution in [1.82, 2.24) is 9.97 Å². The van der Waals surface area contributed by atoms with Crippen molar-refractivity contribution in [3.8, 4) is 5.75 Å². The van der Waals surface area contributed by atoms with E-state index in [0.29, 0.717) is 40.3 Å². The number of carbonyl (C=O) groups is 2. The van der Waals surface area contributed by atoms with Crippen LogP contribution >= 0.6 is 0 Å². The van der Waals surface area contributed by atoms with Gasteiger partial charge < -0.3 is 21.1 Å². The number of anilines is 2. The van der Waals surface area contributed by atoms with Crippen LogP contribution < -0.4 is 21.1 Å². The van der Waals surface area contributed by atoms with Crippen molar-refractivity contribution in [3.05, 3.63) is 52.3 Å². The second-order valence-electron chi connectivity index (χ2n) is 8.51. The lowest BCUT2D eigenvalue weighted by molar-refractivity contribution is -0.137. The first-order valence-corrected chi connectivity index (χ1v) is 11.0. The van der Waals surface area contributed by atoms with Gasteiger partial charge in [-0.25, -0.2) is 14.8 Å². The SMILES string of the molecule is CC(=O)Nc1cc([C@@H](C)Nc2nc(C)nc3c4c(c(OC(N)=O)cc23)CCC4)cc(C(F)(F)F)c1. The standard InChI is InChI=1S/C24H24F3N5O3/c1-11(14-7-15(24(25,26)27)9-16(8-14)32-13(3)33)29-22-19-10-20(35-23(28)34)17-5-4-6-18(17)21(19)30-12(2)31-22/h7-11H,4-6H2,1-3H3,(H2,28,34)(H,32,33)(H,29,30,31)/t11-/m1/s1. The first kappa shape index (κ1) is 24.2. The highest BCUT2D eigenvalue weighted by atomic mass is 19.4. The van der Waals surface area contributed by atoms with Crippen LogP contribution in [0, 0.1) is 6.92 Å². The molecule has 11 heteroatoms. The smallest absolute Gasteiger partial charge is 0.410 e. The van der Waals surface area contributed by atoms with E-state index in [0.717, 1.165) is 36.1 Å². The molecule has 0 saturated heterocycles. The molecule has 2 amide bonds. The number of aryl methyl sites for hydroxylation is 2. The molecular weight excluding hydrogens is 463 g/mol. The van der Waals surface area contributed by atoms with Gasteiger partial charge in [0.05, 0.1) is 17.1 Å². The van der Waals surface area contributed by atoms with Gasteiger partial charge >= 0.3 is 12.3 Å². The van der Waals surface area contributed by atoms with Gasteiger partial charge in [-0.3, -0.25) is 4.79 Å². The highest BCUT2D eigenvalue weighted by Gasteiger charge is 2.32. The van der Waals surface area contributed by atoms with Crippen molar-refractivity contribution in [2.75, 3.05) is 10.6 Å². The molecule has 0 aliphatic heterocycles. The van der Waals surface area contributed by atoms with Gasteiger partial charge in [-0.2, -0.15) is 13.2 Å². The molecule has 0 bridgehead atoms. The van der Waals surface area contributed by atoms with Crippen molar-refractivity contribution < 1.29 is 27.5 Å². The molecule has 2 aromatic carbocycles. The normalized spacial score (nSPS) is 13.9. The van der Waals surface area contributed by atoms with Gasteiger partial charge in [-0.05, 0) is 68.5 Å². The molecule has 1 aliphatic rings. The molecule has 4 N–H and O–H groups in total. The van der Waals surface area contributed by atoms with Crippen LogP contribution in [0.4, 0.5) is 29.5 Å². The Morgan fingerprint density at radius 2 is 1.83 bits per heavy atom. The molecule has 184 valence electrons. The van der Waals surface area contributed by atoms with E-state index in [4.69, 9.17) is 10.5 Å². The van der Waals surface area contributed by atoms with E-state index in [9.17, 15) is 22.8 Å². The first-order chi connectivity index (χ1) is 16.4. The second kappa shape index (κ2) is 9.05. The minimum atomic E-state index is -4.59. The fourth-order valence-electron chi connectivity index (χ4n) is 4.38. The predicted molar refractivity (Wildman–Crippen MR) is 124 cm³/mol. The number of primary amides is 1. The van der Waals surface area contributed by atoms with Crippen molar-refractivity contribution >= 4 is 34.4 Å². The lowest BCUT2D eigenvalue weighted by Crippen LogP contribution is -2.17. The summed E-state index contributed by atoms with van der Waals surface area (Å²) in [5.74, 6) is 0.701. The number of benzene rings is 2. The van der Waals surface area contributed by atoms with Crippen LogP contribution in [0.25, 0.3) is 10.9 Å². The van der Waals surface area contributed by atoms with E-state index >= 15 is 0 Å². The molecule has 0 fully saturated rings. The molecule has 8 nitrogen and oxygen atoms in total. The highest BCUT2D eigenvalue weighted by molar-refractivity contribution is 5.95. The second-order valence-corrected chi connectivity index (χ2v) is 8.51. The number of halogens is 3. The number of ether oxygens (including phenoxy) is 1. The van der Waals surface area contributed by atoms with E-state index in [-0.39, 0.29) is 5.69 Å². The number of alkyl halides is 3. The van der Waals surface area contributed by atoms with Crippen molar-refractivity contribution in [2.45, 2.75) is 52.3 Å². The summed E-state index contributed by atoms with van der Waals surface area (Å²) in [5, 5.41) is 6.15. The summed E-state index contributed by atoms with van der Waals surface area (Å²) in [6.45, 7) is 4.63. The summed E-state index contributed by atoms with van der Waals surface area (Å²) in [6.07, 6.45) is -3.22. The zero-order valence-corrected chi connectivity index (χ0v) is 19.3. The van der Waals surface area contributed by atoms with E-state index in [1.54, 1.807) is 19.9 Å². The summed E-state index contributed by atoms with van der Waals surface area (Å²) >= 11 is 0. The van der Waals surface area contributed by atoms with Gasteiger partial charge in [-0.15, -0.1) is 0 Å². The molecular formula is C24H24F3N5O3. The monoisotopic (exact) mass is 487 g/mol. The Morgan fingerprint density at radius 3 is 2.49 bits per heavy atom. The topological polar surface area (TPSA) is 119 Å². The highest BCUT2D eigenvalue weighted by Crippen LogP contribution is 2.39. The van der Waals surface area contributed by atoms with Gasteiger partial charge in [0.2, 0.25) is 5.91 Å². The van der Waals surface area contributed by atoms with Gasteiger partial charge in [0, 0.05) is 23.6 Å². The molecule has 35 heavy (non-hydrogen) atoms. The molecule has 0 spiro atoms. The Morgan fingerprint density at radius 1 is 1.11 bits per heavy atom. The van der Waals surface area contributed by atoms with E-state index in [1.807, 2.05) is 0 Å². The molecule has 3 aromatic rings. The number of amides is 2. The third-order valence-electron chi connectivity index (χ3n) is 5.80. The number of hydrogen-bond acceptors (Lipinski definition) is 6. The molecule has 0 saturated carbocycles. The summed E-state index contributed by atoms with van der Waals surface area (Å²) < 4.78 is 45.8. The quantitative estimate of drug-likeness (QED) is 0.464. The number of fused-ring (bicyclic) bond motifs is 3. The van der Waals surface area contributed by atoms with Gasteiger partial charge in [0.1, 0.15) is 17.4 Å². The lowest BCUT2D eigenvalue weighted by Gasteiger charge is -2.20. The maximum absolute atomic E-state index is 13.5. The number of rotatable bonds is 5. The molecule has 1 aliphatic carbocycles. The zero-order valence-electron chi connectivity index (χ0n) is 19.3. The summed E-state index contributed by atoms with van der Waals surface area (Å²) in [4.78, 5) is 32.0. The van der Waals surface area contributed by atoms with Crippen LogP contribution in [0.5, 0.6) is 5.75 Å². The molecule has 0 radical (unpaired) electrons. The van der Waals surface area contributed by atoms with Crippen molar-refractivity contribution in [2.24, 2.45) is 5.73 Å². The number of carbonyl (C=O) groups excluding carboxylic acids is 2. The van der Waals surface area contributed by atoms with Crippen molar-refractivity contribution in [3.63, 3.8) is 0 Å². The van der Waals surface area contributed by atoms with Crippen LogP contribution in [0.2, 0.25) is 0 Å². The molecule has 1 atom stereocenters. The summed E-state index contributed by atoms with van der Waals surface area (Å²) in [7, 11) is 0. The van der Waals surface area contributed by atoms with Gasteiger partial charge in [0.15, 0.2) is 0 Å². The molecule has 1 heterocycles. The zero-order chi connectivity index (χ0) is 25.5. The number of hydrogen-bond donors (Lipinski definition) is 3. The predicted octanol–water partition coefficient (Wildman–Crippen LogP) is 5.03. The molecule has 0 unspecified atom stereocenters. The van der Waals surface area contributed by atoms with Gasteiger partial charge in [-0.1, -0.05) is 0 Å². The Kier molecular flexibility index (Phi) is 6.27. The van der Waals surface area contributed by atoms with Crippen LogP contribution in [0.1, 0.15) is 54.4 Å². The number of nitrogens with one attached hydrogen (secondary N) is 2. The number of aromatic nitrogens is 2. The van der Waals surface area contributed by atoms with E-state index in [1.165, 1.54) is 13.0 Å². The summed E-state index contributed by atoms with van der Waals surface area (Å²) in [5.41, 5.74) is 7.20. The Balaban J connectivity index is 1.79. The maximum Gasteiger partial charge on any atom is 0.416 e. The Labute approximate surface area is 199 Å². The fourth-order valence-corrected chi connectivity index (χ4v) is 4.38. The maximum atomic E-state index is 13.5.